The van der Waals surface area contributed by atoms with Crippen LogP contribution in [0.2, 0.25) is 5.02 Å². The number of carbonyl (C=O) groups excluding carboxylic acids is 2. The Kier molecular flexibility index (Phi) is 7.31. The molecule has 2 N–H and O–H groups in total. The zero-order chi connectivity index (χ0) is 19.8. The normalized spacial score (nSPS) is 10.1. The van der Waals surface area contributed by atoms with Crippen LogP contribution in [-0.2, 0) is 16.1 Å². The number of rotatable bonds is 8. The topological polar surface area (TPSA) is 85.9 Å². The summed E-state index contributed by atoms with van der Waals surface area (Å²) >= 11 is 5.92. The lowest BCUT2D eigenvalue weighted by atomic mass is 10.2. The van der Waals surface area contributed by atoms with E-state index in [-0.39, 0.29) is 13.0 Å². The van der Waals surface area contributed by atoms with Crippen molar-refractivity contribution in [3.8, 4) is 17.2 Å². The highest BCUT2D eigenvalue weighted by Gasteiger charge is 2.13. The maximum absolute atomic E-state index is 12.1. The lowest BCUT2D eigenvalue weighted by Gasteiger charge is -2.11. The Morgan fingerprint density at radius 3 is 2.22 bits per heavy atom. The standard InChI is InChI=1S/C19H21ClN2O5/c1-25-15-7-5-13(20)9-14(15)22-19(24)10-18(23)21-11-12-4-6-16(26-2)17(8-12)27-3/h4-9H,10-11H2,1-3H3,(H,21,23)(H,22,24). The largest absolute Gasteiger partial charge is 0.495 e. The first-order valence-electron chi connectivity index (χ1n) is 8.07. The Bertz CT molecular complexity index is 826. The van der Waals surface area contributed by atoms with Crippen molar-refractivity contribution in [3.63, 3.8) is 0 Å². The molecule has 2 aromatic carbocycles. The van der Waals surface area contributed by atoms with E-state index in [1.54, 1.807) is 43.5 Å². The lowest BCUT2D eigenvalue weighted by molar-refractivity contribution is -0.126. The Labute approximate surface area is 162 Å². The number of nitrogens with one attached hydrogen (secondary N) is 2. The van der Waals surface area contributed by atoms with E-state index in [1.165, 1.54) is 14.2 Å². The Hall–Kier alpha value is -2.93. The summed E-state index contributed by atoms with van der Waals surface area (Å²) < 4.78 is 15.5. The molecule has 0 saturated carbocycles. The number of methoxy groups -OCH3 is 3. The second-order valence-electron chi connectivity index (χ2n) is 5.54. The van der Waals surface area contributed by atoms with E-state index in [2.05, 4.69) is 10.6 Å². The molecule has 0 aliphatic carbocycles. The second kappa shape index (κ2) is 9.68. The molecule has 2 rings (SSSR count). The minimum atomic E-state index is -0.472. The van der Waals surface area contributed by atoms with E-state index >= 15 is 0 Å². The minimum Gasteiger partial charge on any atom is -0.495 e. The highest BCUT2D eigenvalue weighted by Crippen LogP contribution is 2.28. The predicted molar refractivity (Wildman–Crippen MR) is 103 cm³/mol. The first-order valence-corrected chi connectivity index (χ1v) is 8.45. The average Bonchev–Trinajstić information content (AvgIpc) is 2.66. The summed E-state index contributed by atoms with van der Waals surface area (Å²) in [7, 11) is 4.57. The summed E-state index contributed by atoms with van der Waals surface area (Å²) in [5.74, 6) is 0.736. The fourth-order valence-electron chi connectivity index (χ4n) is 2.37. The molecule has 0 saturated heterocycles. The van der Waals surface area contributed by atoms with E-state index < -0.39 is 11.8 Å². The molecule has 27 heavy (non-hydrogen) atoms. The van der Waals surface area contributed by atoms with Crippen molar-refractivity contribution in [3.05, 3.63) is 47.0 Å². The van der Waals surface area contributed by atoms with Gasteiger partial charge in [0.15, 0.2) is 11.5 Å². The second-order valence-corrected chi connectivity index (χ2v) is 5.97. The zero-order valence-electron chi connectivity index (χ0n) is 15.3. The van der Waals surface area contributed by atoms with Crippen LogP contribution < -0.4 is 24.8 Å². The molecule has 2 aromatic rings. The van der Waals surface area contributed by atoms with Crippen molar-refractivity contribution >= 4 is 29.1 Å². The van der Waals surface area contributed by atoms with Crippen molar-refractivity contribution in [2.75, 3.05) is 26.6 Å². The molecule has 0 aromatic heterocycles. The van der Waals surface area contributed by atoms with Crippen LogP contribution in [0.1, 0.15) is 12.0 Å². The van der Waals surface area contributed by atoms with Gasteiger partial charge in [0.1, 0.15) is 12.2 Å². The molecule has 0 heterocycles. The van der Waals surface area contributed by atoms with Crippen LogP contribution in [0.25, 0.3) is 0 Å². The zero-order valence-corrected chi connectivity index (χ0v) is 16.1. The third kappa shape index (κ3) is 5.79. The monoisotopic (exact) mass is 392 g/mol. The molecule has 0 aliphatic rings. The van der Waals surface area contributed by atoms with Gasteiger partial charge in [-0.15, -0.1) is 0 Å². The van der Waals surface area contributed by atoms with Gasteiger partial charge in [0, 0.05) is 11.6 Å². The minimum absolute atomic E-state index is 0.257. The van der Waals surface area contributed by atoms with E-state index in [9.17, 15) is 9.59 Å². The van der Waals surface area contributed by atoms with Crippen molar-refractivity contribution in [2.24, 2.45) is 0 Å². The van der Waals surface area contributed by atoms with E-state index in [0.29, 0.717) is 28.0 Å². The maximum Gasteiger partial charge on any atom is 0.233 e. The van der Waals surface area contributed by atoms with Crippen LogP contribution in [0.3, 0.4) is 0 Å². The Morgan fingerprint density at radius 2 is 1.56 bits per heavy atom. The fourth-order valence-corrected chi connectivity index (χ4v) is 2.54. The molecule has 0 aliphatic heterocycles. The number of carbonyl (C=O) groups is 2. The number of anilines is 1. The van der Waals surface area contributed by atoms with Gasteiger partial charge in [-0.25, -0.2) is 0 Å². The van der Waals surface area contributed by atoms with Crippen LogP contribution in [0, 0.1) is 0 Å². The van der Waals surface area contributed by atoms with Crippen molar-refractivity contribution in [2.45, 2.75) is 13.0 Å². The smallest absolute Gasteiger partial charge is 0.233 e. The third-order valence-corrected chi connectivity index (χ3v) is 3.93. The van der Waals surface area contributed by atoms with Gasteiger partial charge in [-0.05, 0) is 35.9 Å². The van der Waals surface area contributed by atoms with Gasteiger partial charge in [0.25, 0.3) is 0 Å². The predicted octanol–water partition coefficient (Wildman–Crippen LogP) is 3.01. The van der Waals surface area contributed by atoms with Crippen LogP contribution in [-0.4, -0.2) is 33.1 Å². The van der Waals surface area contributed by atoms with Crippen molar-refractivity contribution in [1.29, 1.82) is 0 Å². The van der Waals surface area contributed by atoms with Crippen LogP contribution >= 0.6 is 11.6 Å². The van der Waals surface area contributed by atoms with Gasteiger partial charge in [0.2, 0.25) is 11.8 Å². The summed E-state index contributed by atoms with van der Waals surface area (Å²) in [5.41, 5.74) is 1.22. The molecule has 8 heteroatoms. The number of halogens is 1. The number of hydrogen-bond acceptors (Lipinski definition) is 5. The molecule has 144 valence electrons. The first-order chi connectivity index (χ1) is 13.0. The van der Waals surface area contributed by atoms with E-state index in [4.69, 9.17) is 25.8 Å². The molecular weight excluding hydrogens is 372 g/mol. The average molecular weight is 393 g/mol. The molecule has 0 radical (unpaired) electrons. The maximum atomic E-state index is 12.1. The third-order valence-electron chi connectivity index (χ3n) is 3.69. The SMILES string of the molecule is COc1ccc(Cl)cc1NC(=O)CC(=O)NCc1ccc(OC)c(OC)c1. The molecule has 0 spiro atoms. The number of benzene rings is 2. The molecule has 7 nitrogen and oxygen atoms in total. The molecule has 0 atom stereocenters. The summed E-state index contributed by atoms with van der Waals surface area (Å²) in [4.78, 5) is 24.1. The van der Waals surface area contributed by atoms with Crippen molar-refractivity contribution in [1.82, 2.24) is 5.32 Å². The Morgan fingerprint density at radius 1 is 0.889 bits per heavy atom. The number of ether oxygens (including phenoxy) is 3. The Balaban J connectivity index is 1.90. The summed E-state index contributed by atoms with van der Waals surface area (Å²) in [6.07, 6.45) is -0.330. The van der Waals surface area contributed by atoms with E-state index in [1.807, 2.05) is 0 Å². The van der Waals surface area contributed by atoms with Gasteiger partial charge < -0.3 is 24.8 Å². The summed E-state index contributed by atoms with van der Waals surface area (Å²) in [6, 6.07) is 10.1. The highest BCUT2D eigenvalue weighted by atomic mass is 35.5. The first kappa shape index (κ1) is 20.4. The highest BCUT2D eigenvalue weighted by molar-refractivity contribution is 6.31. The quantitative estimate of drug-likeness (QED) is 0.674. The number of hydrogen-bond donors (Lipinski definition) is 2. The molecule has 0 unspecified atom stereocenters. The molecule has 0 bridgehead atoms. The van der Waals surface area contributed by atoms with Gasteiger partial charge >= 0.3 is 0 Å². The van der Waals surface area contributed by atoms with Gasteiger partial charge in [0.05, 0.1) is 27.0 Å². The van der Waals surface area contributed by atoms with Crippen molar-refractivity contribution < 1.29 is 23.8 Å². The number of amides is 2. The molecule has 0 fully saturated rings. The molecular formula is C19H21ClN2O5. The summed E-state index contributed by atoms with van der Waals surface area (Å²) in [6.45, 7) is 0.257. The van der Waals surface area contributed by atoms with Crippen LogP contribution in [0.5, 0.6) is 17.2 Å². The van der Waals surface area contributed by atoms with Gasteiger partial charge in [-0.3, -0.25) is 9.59 Å². The van der Waals surface area contributed by atoms with Gasteiger partial charge in [-0.2, -0.15) is 0 Å². The van der Waals surface area contributed by atoms with Crippen LogP contribution in [0.15, 0.2) is 36.4 Å². The summed E-state index contributed by atoms with van der Waals surface area (Å²) in [5, 5.41) is 5.76. The molecule has 2 amide bonds. The van der Waals surface area contributed by atoms with E-state index in [0.717, 1.165) is 5.56 Å². The fraction of sp³-hybridized carbons (Fsp3) is 0.263. The lowest BCUT2D eigenvalue weighted by Crippen LogP contribution is -2.27. The van der Waals surface area contributed by atoms with Gasteiger partial charge in [-0.1, -0.05) is 17.7 Å². The van der Waals surface area contributed by atoms with Crippen LogP contribution in [0.4, 0.5) is 5.69 Å².